The Morgan fingerprint density at radius 2 is 1.80 bits per heavy atom. The van der Waals surface area contributed by atoms with Gasteiger partial charge in [0.15, 0.2) is 0 Å². The van der Waals surface area contributed by atoms with Gasteiger partial charge >= 0.3 is 0 Å². The third-order valence-electron chi connectivity index (χ3n) is 4.18. The largest absolute Gasteiger partial charge is 0.493 e. The van der Waals surface area contributed by atoms with Gasteiger partial charge in [0.05, 0.1) is 13.0 Å². The van der Waals surface area contributed by atoms with Gasteiger partial charge in [-0.25, -0.2) is 0 Å². The lowest BCUT2D eigenvalue weighted by atomic mass is 10.1. The third kappa shape index (κ3) is 5.48. The number of benzene rings is 2. The van der Waals surface area contributed by atoms with Crippen LogP contribution in [0.15, 0.2) is 36.4 Å². The van der Waals surface area contributed by atoms with Crippen LogP contribution >= 0.6 is 12.4 Å². The molecule has 2 aromatic carbocycles. The molecule has 2 aromatic rings. The maximum Gasteiger partial charge on any atom is 0.223 e. The minimum atomic E-state index is 0. The summed E-state index contributed by atoms with van der Waals surface area (Å²) in [6, 6.07) is 12.5. The number of hydrogen-bond donors (Lipinski definition) is 2. The standard InChI is InChI=1S/C20H24N2O2.ClH/c1-14-7-15(2)9-19(8-14)24-6-5-20(23)22-11-16-3-4-17-12-21-13-18(17)10-16;/h3-4,7-10,21H,5-6,11-13H2,1-2H3,(H,22,23);1H. The summed E-state index contributed by atoms with van der Waals surface area (Å²) in [5, 5.41) is 6.29. The number of ether oxygens (including phenoxy) is 1. The molecular weight excluding hydrogens is 336 g/mol. The SMILES string of the molecule is Cc1cc(C)cc(OCCC(=O)NCc2ccc3c(c2)CNC3)c1.Cl. The predicted octanol–water partition coefficient (Wildman–Crippen LogP) is 3.41. The van der Waals surface area contributed by atoms with Gasteiger partial charge in [0, 0.05) is 19.6 Å². The summed E-state index contributed by atoms with van der Waals surface area (Å²) in [5.41, 5.74) is 6.16. The lowest BCUT2D eigenvalue weighted by Crippen LogP contribution is -2.24. The minimum Gasteiger partial charge on any atom is -0.493 e. The van der Waals surface area contributed by atoms with Crippen LogP contribution in [0.3, 0.4) is 0 Å². The molecule has 1 aliphatic heterocycles. The number of hydrogen-bond acceptors (Lipinski definition) is 3. The molecule has 0 atom stereocenters. The van der Waals surface area contributed by atoms with E-state index in [0.29, 0.717) is 19.6 Å². The van der Waals surface area contributed by atoms with Gasteiger partial charge in [-0.15, -0.1) is 12.4 Å². The van der Waals surface area contributed by atoms with Gasteiger partial charge in [0.2, 0.25) is 5.91 Å². The normalized spacial score (nSPS) is 12.2. The zero-order valence-corrected chi connectivity index (χ0v) is 15.5. The van der Waals surface area contributed by atoms with Crippen LogP contribution in [0.5, 0.6) is 5.75 Å². The Kier molecular flexibility index (Phi) is 6.85. The van der Waals surface area contributed by atoms with E-state index >= 15 is 0 Å². The molecule has 0 unspecified atom stereocenters. The third-order valence-corrected chi connectivity index (χ3v) is 4.18. The van der Waals surface area contributed by atoms with E-state index in [0.717, 1.165) is 24.4 Å². The molecule has 2 N–H and O–H groups in total. The number of amides is 1. The molecule has 0 fully saturated rings. The van der Waals surface area contributed by atoms with Gasteiger partial charge in [-0.05, 0) is 53.8 Å². The second-order valence-corrected chi connectivity index (χ2v) is 6.41. The van der Waals surface area contributed by atoms with Crippen LogP contribution in [0.4, 0.5) is 0 Å². The topological polar surface area (TPSA) is 50.4 Å². The number of carbonyl (C=O) groups excluding carboxylic acids is 1. The van der Waals surface area contributed by atoms with Crippen LogP contribution in [0.1, 0.15) is 34.2 Å². The van der Waals surface area contributed by atoms with Crippen LogP contribution < -0.4 is 15.4 Å². The Morgan fingerprint density at radius 3 is 2.56 bits per heavy atom. The maximum absolute atomic E-state index is 12.0. The molecule has 1 amide bonds. The molecule has 0 radical (unpaired) electrons. The van der Waals surface area contributed by atoms with Crippen molar-refractivity contribution in [3.05, 3.63) is 64.2 Å². The van der Waals surface area contributed by atoms with Crippen molar-refractivity contribution in [2.75, 3.05) is 6.61 Å². The van der Waals surface area contributed by atoms with E-state index in [4.69, 9.17) is 4.74 Å². The van der Waals surface area contributed by atoms with E-state index in [1.165, 1.54) is 22.3 Å². The van der Waals surface area contributed by atoms with E-state index in [1.54, 1.807) is 0 Å². The molecule has 25 heavy (non-hydrogen) atoms. The molecular formula is C20H25ClN2O2. The summed E-state index contributed by atoms with van der Waals surface area (Å²) < 4.78 is 5.68. The minimum absolute atomic E-state index is 0. The Morgan fingerprint density at radius 1 is 1.08 bits per heavy atom. The van der Waals surface area contributed by atoms with E-state index in [2.05, 4.69) is 34.9 Å². The highest BCUT2D eigenvalue weighted by Gasteiger charge is 2.10. The second-order valence-electron chi connectivity index (χ2n) is 6.41. The molecule has 0 spiro atoms. The van der Waals surface area contributed by atoms with Crippen molar-refractivity contribution >= 4 is 18.3 Å². The smallest absolute Gasteiger partial charge is 0.223 e. The quantitative estimate of drug-likeness (QED) is 0.830. The molecule has 134 valence electrons. The van der Waals surface area contributed by atoms with Crippen molar-refractivity contribution in [3.8, 4) is 5.75 Å². The first kappa shape index (κ1) is 19.3. The Bertz CT molecular complexity index is 726. The fourth-order valence-electron chi connectivity index (χ4n) is 3.02. The molecule has 0 saturated heterocycles. The molecule has 5 heteroatoms. The number of carbonyl (C=O) groups is 1. The first-order valence-corrected chi connectivity index (χ1v) is 8.39. The number of aryl methyl sites for hydroxylation is 2. The van der Waals surface area contributed by atoms with E-state index in [1.807, 2.05) is 26.0 Å². The molecule has 1 heterocycles. The average molecular weight is 361 g/mol. The monoisotopic (exact) mass is 360 g/mol. The zero-order valence-electron chi connectivity index (χ0n) is 14.7. The van der Waals surface area contributed by atoms with Gasteiger partial charge < -0.3 is 15.4 Å². The highest BCUT2D eigenvalue weighted by atomic mass is 35.5. The van der Waals surface area contributed by atoms with Crippen LogP contribution in [0.25, 0.3) is 0 Å². The van der Waals surface area contributed by atoms with Crippen molar-refractivity contribution in [2.24, 2.45) is 0 Å². The van der Waals surface area contributed by atoms with Gasteiger partial charge in [-0.2, -0.15) is 0 Å². The van der Waals surface area contributed by atoms with Crippen molar-refractivity contribution in [2.45, 2.75) is 39.9 Å². The molecule has 0 aromatic heterocycles. The fraction of sp³-hybridized carbons (Fsp3) is 0.350. The summed E-state index contributed by atoms with van der Waals surface area (Å²) in [4.78, 5) is 12.0. The Balaban J connectivity index is 0.00000225. The van der Waals surface area contributed by atoms with Crippen LogP contribution in [0, 0.1) is 13.8 Å². The van der Waals surface area contributed by atoms with Crippen molar-refractivity contribution in [1.82, 2.24) is 10.6 Å². The average Bonchev–Trinajstić information content (AvgIpc) is 2.99. The van der Waals surface area contributed by atoms with Crippen molar-refractivity contribution in [1.29, 1.82) is 0 Å². The fourth-order valence-corrected chi connectivity index (χ4v) is 3.02. The Hall–Kier alpha value is -2.04. The van der Waals surface area contributed by atoms with Crippen LogP contribution in [-0.2, 0) is 24.4 Å². The number of halogens is 1. The van der Waals surface area contributed by atoms with Crippen molar-refractivity contribution in [3.63, 3.8) is 0 Å². The first-order chi connectivity index (χ1) is 11.6. The molecule has 1 aliphatic rings. The van der Waals surface area contributed by atoms with Gasteiger partial charge in [-0.3, -0.25) is 4.79 Å². The number of rotatable bonds is 6. The van der Waals surface area contributed by atoms with Gasteiger partial charge in [-0.1, -0.05) is 24.3 Å². The molecule has 0 saturated carbocycles. The van der Waals surface area contributed by atoms with Crippen LogP contribution in [0.2, 0.25) is 0 Å². The maximum atomic E-state index is 12.0. The highest BCUT2D eigenvalue weighted by molar-refractivity contribution is 5.85. The number of nitrogens with one attached hydrogen (secondary N) is 2. The lowest BCUT2D eigenvalue weighted by molar-refractivity contribution is -0.121. The summed E-state index contributed by atoms with van der Waals surface area (Å²) in [7, 11) is 0. The van der Waals surface area contributed by atoms with E-state index < -0.39 is 0 Å². The molecule has 4 nitrogen and oxygen atoms in total. The summed E-state index contributed by atoms with van der Waals surface area (Å²) in [5.74, 6) is 0.837. The summed E-state index contributed by atoms with van der Waals surface area (Å²) in [6.45, 7) is 6.90. The van der Waals surface area contributed by atoms with Gasteiger partial charge in [0.25, 0.3) is 0 Å². The predicted molar refractivity (Wildman–Crippen MR) is 102 cm³/mol. The highest BCUT2D eigenvalue weighted by Crippen LogP contribution is 2.17. The van der Waals surface area contributed by atoms with Gasteiger partial charge in [0.1, 0.15) is 5.75 Å². The summed E-state index contributed by atoms with van der Waals surface area (Å²) in [6.07, 6.45) is 0.361. The lowest BCUT2D eigenvalue weighted by Gasteiger charge is -2.09. The molecule has 0 aliphatic carbocycles. The molecule has 3 rings (SSSR count). The number of fused-ring (bicyclic) bond motifs is 1. The van der Waals surface area contributed by atoms with E-state index in [9.17, 15) is 4.79 Å². The van der Waals surface area contributed by atoms with Crippen molar-refractivity contribution < 1.29 is 9.53 Å². The zero-order chi connectivity index (χ0) is 16.9. The van der Waals surface area contributed by atoms with E-state index in [-0.39, 0.29) is 18.3 Å². The van der Waals surface area contributed by atoms with Crippen LogP contribution in [-0.4, -0.2) is 12.5 Å². The first-order valence-electron chi connectivity index (χ1n) is 8.39. The molecule has 0 bridgehead atoms. The summed E-state index contributed by atoms with van der Waals surface area (Å²) >= 11 is 0. The Labute approximate surface area is 155 Å². The second kappa shape index (κ2) is 8.88.